The van der Waals surface area contributed by atoms with Gasteiger partial charge in [-0.2, -0.15) is 0 Å². The number of para-hydroxylation sites is 1. The number of urea groups is 3. The van der Waals surface area contributed by atoms with Crippen molar-refractivity contribution in [3.8, 4) is 11.5 Å². The number of H-pyrrole nitrogens is 1. The highest BCUT2D eigenvalue weighted by atomic mass is 79.9. The van der Waals surface area contributed by atoms with Gasteiger partial charge in [0, 0.05) is 71.6 Å². The molecule has 3 saturated heterocycles. The van der Waals surface area contributed by atoms with Gasteiger partial charge in [0.15, 0.2) is 24.8 Å². The van der Waals surface area contributed by atoms with Crippen molar-refractivity contribution in [2.75, 3.05) is 32.2 Å². The molecule has 6 aromatic carbocycles. The smallest absolute Gasteiger partial charge is 0.514 e. The second kappa shape index (κ2) is 41.8. The number of aliphatic hydroxyl groups is 5. The number of phosphoric acid groups is 3. The Morgan fingerprint density at radius 1 is 0.583 bits per heavy atom. The van der Waals surface area contributed by atoms with Crippen LogP contribution >= 0.6 is 62.2 Å². The maximum Gasteiger partial charge on any atom is 0.514 e. The van der Waals surface area contributed by atoms with Gasteiger partial charge in [0.05, 0.1) is 37.6 Å². The van der Waals surface area contributed by atoms with Crippen LogP contribution in [0.4, 0.5) is 34.9 Å². The number of aryl methyl sites for hydroxylation is 1. The number of nitro benzene ring substituents is 1. The number of hydrogen-bond donors (Lipinski definition) is 10. The summed E-state index contributed by atoms with van der Waals surface area (Å²) in [7, 11) is -30.2. The first-order valence-corrected chi connectivity index (χ1v) is 47.2. The monoisotopic (exact) mass is 1950 g/mol. The third-order valence-electron chi connectivity index (χ3n) is 18.6. The lowest BCUT2D eigenvalue weighted by Gasteiger charge is -2.35. The Morgan fingerprint density at radius 2 is 1.09 bits per heavy atom. The molecule has 55 heteroatoms. The Balaban J connectivity index is 0.000000185. The number of phosphoric ester groups is 3. The SMILES string of the molecule is COc1ccc(CP(=O)([O-])OP(=O)([O-])OC[C@H]2O[C@@H](N3C=CC4NC(c5ccc(Br)cc5)=CN4C3=O)C(O)[C@H]2O)cc1.Cc1ccccc1CP(=O)([O-])OP(=O)([O-])OC[C@H]1O[C@@H](N2C=CC(NC(=O)Nc3ccc(F)cc3)NC2=O)C(O)[C@H]1O.O=C(Oc1ccccc1)OC1[C@@H](O)[C@@H](COP(=O)([O-])OP(=O)([O-])Cc2ccc([N+](=O)[O-])cc2)O[C@H]1n1ccc(=O)[nH]c1=O. The maximum absolute atomic E-state index is 13.3. The fourth-order valence-corrected chi connectivity index (χ4v) is 20.8. The Morgan fingerprint density at radius 3 is 1.63 bits per heavy atom. The standard InChI is InChI=1S/C25H28BrN3O11P2.C24H29FN4O11P2.C23H23N3O15P2/c1-37-18-8-2-15(3-9-18)14-41(33,34)40-42(35,36)38-13-20-22(30)23(31)24(39-20)28-11-10-21-27-19(12-29(21)25(28)32)16-4-6-17(26)7-5-16;1-14-4-2-3-5-15(14)13-41(34,35)40-42(36,37)38-12-18-20(30)21(31)22(39-18)29-11-10-19(28-24(29)33)27-23(32)26-17-8-6-16(25)7-9-17;27-18-10-11-25(22(29)24-18)21-20(40-23(30)38-16-4-2-1-3-5-16)19(28)17(39-21)12-37-43(35,36)41-42(33,34)13-14-6-8-15(9-7-14)26(31)32/h2-12,20-24,27,30-31H,13-14H2,1H3,(H,33,34)(H,35,36);2-11,18-22,30-31H,12-13H2,1H3,(H,28,33)(H,34,35)(H,36,37)(H2,26,27,32);1-11,17,19-21,28H,12-13H2,(H,33,34)(H,35,36)(H,24,27,29)/p-6/t20-,21?,22+,23?,24-;18-,19?,20+,21?,22-;17-,19+,20?,21-/m111/s1. The topological polar surface area (TPSA) is 677 Å². The number of carbonyl (C=O) groups is 4. The van der Waals surface area contributed by atoms with E-state index >= 15 is 0 Å². The molecule has 13 rings (SSSR count). The number of carbonyl (C=O) groups excluding carboxylic acids is 4. The molecule has 0 aliphatic carbocycles. The first-order chi connectivity index (χ1) is 59.8. The lowest BCUT2D eigenvalue weighted by molar-refractivity contribution is -0.384. The average molecular weight is 1960 g/mol. The van der Waals surface area contributed by atoms with Crippen molar-refractivity contribution in [1.82, 2.24) is 40.2 Å². The Bertz CT molecular complexity index is 5660. The molecule has 11 unspecified atom stereocenters. The number of nitro groups is 1. The van der Waals surface area contributed by atoms with Crippen LogP contribution in [0.15, 0.2) is 209 Å². The van der Waals surface area contributed by atoms with E-state index in [0.29, 0.717) is 28.3 Å². The number of nitrogens with one attached hydrogen (secondary N) is 5. The zero-order valence-corrected chi connectivity index (χ0v) is 72.2. The van der Waals surface area contributed by atoms with Crippen LogP contribution in [0.1, 0.15) is 34.0 Å². The number of nitrogens with zero attached hydrogens (tertiary/aromatic N) is 5. The van der Waals surface area contributed by atoms with Crippen LogP contribution in [0.2, 0.25) is 0 Å². The molecule has 10 N–H and O–H groups in total. The summed E-state index contributed by atoms with van der Waals surface area (Å²) in [5, 5.41) is 73.9. The number of methoxy groups -OCH3 is 1. The van der Waals surface area contributed by atoms with Gasteiger partial charge >= 0.3 is 29.9 Å². The largest absolute Gasteiger partial charge is 0.778 e. The van der Waals surface area contributed by atoms with Crippen LogP contribution in [0.3, 0.4) is 0 Å². The van der Waals surface area contributed by atoms with Gasteiger partial charge in [0.2, 0.25) is 0 Å². The third kappa shape index (κ3) is 27.0. The molecule has 6 aliphatic heterocycles. The number of aliphatic hydroxyl groups excluding tert-OH is 5. The van der Waals surface area contributed by atoms with Crippen molar-refractivity contribution in [3.05, 3.63) is 264 Å². The number of halogens is 2. The number of amides is 6. The van der Waals surface area contributed by atoms with E-state index in [0.717, 1.165) is 79.3 Å². The summed E-state index contributed by atoms with van der Waals surface area (Å²) in [4.78, 5) is 163. The van der Waals surface area contributed by atoms with Crippen molar-refractivity contribution in [3.63, 3.8) is 0 Å². The minimum absolute atomic E-state index is 0.0185. The summed E-state index contributed by atoms with van der Waals surface area (Å²) in [5.74, 6) is 0.0597. The first kappa shape index (κ1) is 97.9. The molecular formula is C72H74BrFN10O37P6-6. The molecule has 0 bridgehead atoms. The molecule has 127 heavy (non-hydrogen) atoms. The lowest BCUT2D eigenvalue weighted by Crippen LogP contribution is -2.57. The van der Waals surface area contributed by atoms with Crippen molar-refractivity contribution in [2.45, 2.75) is 111 Å². The van der Waals surface area contributed by atoms with E-state index in [1.54, 1.807) is 55.6 Å². The summed E-state index contributed by atoms with van der Waals surface area (Å²) < 4.78 is 147. The van der Waals surface area contributed by atoms with E-state index in [4.69, 9.17) is 28.4 Å². The summed E-state index contributed by atoms with van der Waals surface area (Å²) in [5.41, 5.74) is 0.843. The van der Waals surface area contributed by atoms with Crippen LogP contribution in [-0.4, -0.2) is 186 Å². The summed E-state index contributed by atoms with van der Waals surface area (Å²) in [6, 6.07) is 35.3. The number of aromatic nitrogens is 2. The zero-order valence-electron chi connectivity index (χ0n) is 65.3. The Kier molecular flexibility index (Phi) is 32.2. The van der Waals surface area contributed by atoms with Crippen LogP contribution < -0.4 is 71.4 Å². The molecule has 1 aromatic heterocycles. The van der Waals surface area contributed by atoms with Gasteiger partial charge in [-0.25, -0.2) is 28.4 Å². The summed E-state index contributed by atoms with van der Waals surface area (Å²) in [6.45, 7) is -1.25. The fourth-order valence-electron chi connectivity index (χ4n) is 12.5. The van der Waals surface area contributed by atoms with Gasteiger partial charge in [-0.3, -0.25) is 65.8 Å². The van der Waals surface area contributed by atoms with Crippen LogP contribution in [-0.2, 0) is 91.3 Å². The molecular weight excluding hydrogens is 1880 g/mol. The molecule has 20 atom stereocenters. The van der Waals surface area contributed by atoms with E-state index < -0.39 is 217 Å². The van der Waals surface area contributed by atoms with Crippen molar-refractivity contribution in [1.29, 1.82) is 0 Å². The van der Waals surface area contributed by atoms with E-state index in [1.807, 2.05) is 29.2 Å². The molecule has 47 nitrogen and oxygen atoms in total. The second-order valence-electron chi connectivity index (χ2n) is 27.8. The predicted octanol–water partition coefficient (Wildman–Crippen LogP) is 3.00. The number of benzene rings is 6. The Hall–Kier alpha value is -9.71. The van der Waals surface area contributed by atoms with Gasteiger partial charge in [0.1, 0.15) is 101 Å². The van der Waals surface area contributed by atoms with E-state index in [-0.39, 0.29) is 22.6 Å². The molecule has 7 aromatic rings. The maximum atomic E-state index is 13.3. The van der Waals surface area contributed by atoms with E-state index in [1.165, 1.54) is 78.9 Å². The van der Waals surface area contributed by atoms with Gasteiger partial charge in [-0.1, -0.05) is 94.8 Å². The third-order valence-corrected chi connectivity index (χ3v) is 28.2. The van der Waals surface area contributed by atoms with Gasteiger partial charge < -0.3 is 132 Å². The van der Waals surface area contributed by atoms with Crippen molar-refractivity contribution in [2.24, 2.45) is 0 Å². The minimum Gasteiger partial charge on any atom is -0.778 e. The van der Waals surface area contributed by atoms with E-state index in [2.05, 4.69) is 63.7 Å². The van der Waals surface area contributed by atoms with E-state index in [9.17, 15) is 126 Å². The van der Waals surface area contributed by atoms with Gasteiger partial charge in [-0.15, -0.1) is 0 Å². The second-order valence-corrected chi connectivity index (χ2v) is 38.7. The molecule has 6 aliphatic rings. The Labute approximate surface area is 724 Å². The van der Waals surface area contributed by atoms with Crippen LogP contribution in [0.5, 0.6) is 11.5 Å². The number of anilines is 1. The van der Waals surface area contributed by atoms with Crippen molar-refractivity contribution >= 4 is 104 Å². The van der Waals surface area contributed by atoms with Crippen LogP contribution in [0, 0.1) is 22.9 Å². The highest BCUT2D eigenvalue weighted by Crippen LogP contribution is 2.59. The molecule has 7 heterocycles. The minimum atomic E-state index is -5.63. The van der Waals surface area contributed by atoms with Gasteiger partial charge in [-0.05, 0) is 108 Å². The quantitative estimate of drug-likeness (QED) is 0.00981. The first-order valence-electron chi connectivity index (χ1n) is 36.9. The predicted molar refractivity (Wildman–Crippen MR) is 424 cm³/mol. The summed E-state index contributed by atoms with van der Waals surface area (Å²) in [6.07, 6.45) is -16.6. The highest BCUT2D eigenvalue weighted by Gasteiger charge is 2.52. The number of hydrogen-bond acceptors (Lipinski definition) is 38. The zero-order chi connectivity index (χ0) is 92.3. The van der Waals surface area contributed by atoms with Crippen LogP contribution in [0.25, 0.3) is 5.70 Å². The number of non-ortho nitro benzene ring substituents is 1. The van der Waals surface area contributed by atoms with Crippen molar-refractivity contribution < 1.29 is 166 Å². The molecule has 0 spiro atoms. The molecule has 0 radical (unpaired) electrons. The fraction of sp³-hybridized carbons (Fsp3) is 0.306. The number of ether oxygens (including phenoxy) is 6. The highest BCUT2D eigenvalue weighted by molar-refractivity contribution is 9.10. The number of fused-ring (bicyclic) bond motifs is 1. The average Bonchev–Trinajstić information content (AvgIpc) is 1.60. The summed E-state index contributed by atoms with van der Waals surface area (Å²) >= 11 is 3.38. The normalized spacial score (nSPS) is 25.8. The van der Waals surface area contributed by atoms with Gasteiger partial charge in [0.25, 0.3) is 34.7 Å². The molecule has 6 amide bonds. The number of aromatic amines is 1. The molecule has 0 saturated carbocycles. The lowest BCUT2D eigenvalue weighted by atomic mass is 10.1. The number of rotatable bonds is 31. The molecule has 3 fully saturated rings. The molecule has 684 valence electrons.